The number of aryl methyl sites for hydroxylation is 1. The maximum absolute atomic E-state index is 12.0. The number of anilines is 1. The minimum absolute atomic E-state index is 0.110. The molecule has 158 valence electrons. The summed E-state index contributed by atoms with van der Waals surface area (Å²) in [6.07, 6.45) is 3.77. The molecule has 0 amide bonds. The molecule has 0 radical (unpaired) electrons. The molecular formula is C23H18ClN7O. The van der Waals surface area contributed by atoms with Gasteiger partial charge < -0.3 is 10.3 Å². The van der Waals surface area contributed by atoms with Crippen LogP contribution in [0.15, 0.2) is 71.8 Å². The lowest BCUT2D eigenvalue weighted by molar-refractivity contribution is 0.861. The largest absolute Gasteiger partial charge is 0.368 e. The molecule has 0 spiro atoms. The van der Waals surface area contributed by atoms with Gasteiger partial charge in [-0.3, -0.25) is 9.78 Å². The predicted octanol–water partition coefficient (Wildman–Crippen LogP) is 3.38. The minimum atomic E-state index is -0.110. The molecular weight excluding hydrogens is 426 g/mol. The first-order valence-corrected chi connectivity index (χ1v) is 10.3. The quantitative estimate of drug-likeness (QED) is 0.456. The van der Waals surface area contributed by atoms with Crippen molar-refractivity contribution < 1.29 is 0 Å². The highest BCUT2D eigenvalue weighted by atomic mass is 35.5. The lowest BCUT2D eigenvalue weighted by Gasteiger charge is -2.12. The summed E-state index contributed by atoms with van der Waals surface area (Å²) in [5, 5.41) is 5.10. The van der Waals surface area contributed by atoms with Crippen LogP contribution in [0, 0.1) is 0 Å². The summed E-state index contributed by atoms with van der Waals surface area (Å²) in [6, 6.07) is 16.5. The Morgan fingerprint density at radius 2 is 1.81 bits per heavy atom. The van der Waals surface area contributed by atoms with Crippen LogP contribution in [0.25, 0.3) is 28.0 Å². The lowest BCUT2D eigenvalue weighted by Crippen LogP contribution is -2.14. The number of hydrogen-bond donors (Lipinski definition) is 1. The summed E-state index contributed by atoms with van der Waals surface area (Å²) < 4.78 is 3.03. The number of benzene rings is 1. The first-order valence-electron chi connectivity index (χ1n) is 9.88. The fraction of sp³-hybridized carbons (Fsp3) is 0.0870. The normalized spacial score (nSPS) is 11.2. The third kappa shape index (κ3) is 3.50. The van der Waals surface area contributed by atoms with Gasteiger partial charge in [0.2, 0.25) is 11.5 Å². The number of fused-ring (bicyclic) bond motifs is 1. The first kappa shape index (κ1) is 19.9. The third-order valence-electron chi connectivity index (χ3n) is 5.14. The van der Waals surface area contributed by atoms with Crippen molar-refractivity contribution in [2.75, 3.05) is 5.73 Å². The molecule has 0 fully saturated rings. The van der Waals surface area contributed by atoms with Gasteiger partial charge in [-0.2, -0.15) is 4.52 Å². The van der Waals surface area contributed by atoms with Gasteiger partial charge in [0, 0.05) is 36.6 Å². The monoisotopic (exact) mass is 443 g/mol. The summed E-state index contributed by atoms with van der Waals surface area (Å²) in [4.78, 5) is 25.7. The van der Waals surface area contributed by atoms with Gasteiger partial charge in [0.25, 0.3) is 0 Å². The van der Waals surface area contributed by atoms with Gasteiger partial charge in [-0.1, -0.05) is 41.9 Å². The Bertz CT molecular complexity index is 1510. The van der Waals surface area contributed by atoms with Crippen molar-refractivity contribution in [1.82, 2.24) is 29.1 Å². The molecule has 0 saturated heterocycles. The standard InChI is InChI=1S/C23H18ClN7O/c1-30-13-15(9-10-19(30)32)20-21(14-6-3-2-4-7-14)28-23(25)31-22(20)27-18(29-31)12-17-16(24)8-5-11-26-17/h2-11,13H,12H2,1H3,(H2,25,28). The molecule has 0 aliphatic heterocycles. The van der Waals surface area contributed by atoms with Crippen molar-refractivity contribution in [2.24, 2.45) is 7.05 Å². The molecule has 5 rings (SSSR count). The zero-order valence-corrected chi connectivity index (χ0v) is 17.9. The Labute approximate surface area is 188 Å². The van der Waals surface area contributed by atoms with Crippen LogP contribution in [0.4, 0.5) is 5.95 Å². The Morgan fingerprint density at radius 3 is 2.56 bits per heavy atom. The molecule has 8 nitrogen and oxygen atoms in total. The minimum Gasteiger partial charge on any atom is -0.368 e. The highest BCUT2D eigenvalue weighted by Crippen LogP contribution is 2.34. The second-order valence-electron chi connectivity index (χ2n) is 7.30. The van der Waals surface area contributed by atoms with Crippen molar-refractivity contribution in [2.45, 2.75) is 6.42 Å². The highest BCUT2D eigenvalue weighted by molar-refractivity contribution is 6.31. The number of nitrogen functional groups attached to an aromatic ring is 1. The van der Waals surface area contributed by atoms with Crippen LogP contribution < -0.4 is 11.3 Å². The Balaban J connectivity index is 1.77. The van der Waals surface area contributed by atoms with E-state index in [1.165, 1.54) is 15.1 Å². The van der Waals surface area contributed by atoms with Crippen molar-refractivity contribution in [1.29, 1.82) is 0 Å². The van der Waals surface area contributed by atoms with Crippen molar-refractivity contribution in [3.05, 3.63) is 93.9 Å². The zero-order chi connectivity index (χ0) is 22.2. The molecule has 2 N–H and O–H groups in total. The molecule has 1 aromatic carbocycles. The van der Waals surface area contributed by atoms with Crippen LogP contribution in [0.2, 0.25) is 5.02 Å². The summed E-state index contributed by atoms with van der Waals surface area (Å²) >= 11 is 6.27. The smallest absolute Gasteiger partial charge is 0.250 e. The summed E-state index contributed by atoms with van der Waals surface area (Å²) in [7, 11) is 1.70. The zero-order valence-electron chi connectivity index (χ0n) is 17.1. The number of rotatable bonds is 4. The Hall–Kier alpha value is -4.04. The molecule has 0 atom stereocenters. The number of hydrogen-bond acceptors (Lipinski definition) is 6. The van der Waals surface area contributed by atoms with Gasteiger partial charge in [0.1, 0.15) is 0 Å². The van der Waals surface area contributed by atoms with Gasteiger partial charge in [-0.05, 0) is 18.2 Å². The molecule has 4 aromatic heterocycles. The second kappa shape index (κ2) is 7.90. The lowest BCUT2D eigenvalue weighted by atomic mass is 10.0. The Kier molecular flexibility index (Phi) is 4.91. The van der Waals surface area contributed by atoms with Gasteiger partial charge in [-0.15, -0.1) is 5.10 Å². The first-order chi connectivity index (χ1) is 15.5. The van der Waals surface area contributed by atoms with E-state index in [0.717, 1.165) is 16.7 Å². The van der Waals surface area contributed by atoms with Gasteiger partial charge in [0.05, 0.1) is 28.4 Å². The third-order valence-corrected chi connectivity index (χ3v) is 5.48. The van der Waals surface area contributed by atoms with Crippen LogP contribution in [0.5, 0.6) is 0 Å². The average molecular weight is 444 g/mol. The molecule has 32 heavy (non-hydrogen) atoms. The van der Waals surface area contributed by atoms with E-state index in [0.29, 0.717) is 34.3 Å². The van der Waals surface area contributed by atoms with Crippen LogP contribution in [-0.4, -0.2) is 29.1 Å². The molecule has 4 heterocycles. The molecule has 9 heteroatoms. The van der Waals surface area contributed by atoms with E-state index >= 15 is 0 Å². The molecule has 0 aliphatic carbocycles. The Morgan fingerprint density at radius 1 is 1.00 bits per heavy atom. The van der Waals surface area contributed by atoms with E-state index in [4.69, 9.17) is 22.3 Å². The maximum atomic E-state index is 12.0. The fourth-order valence-electron chi connectivity index (χ4n) is 3.59. The summed E-state index contributed by atoms with van der Waals surface area (Å²) in [6.45, 7) is 0. The van der Waals surface area contributed by atoms with Crippen LogP contribution in [0.1, 0.15) is 11.5 Å². The second-order valence-corrected chi connectivity index (χ2v) is 7.71. The number of aromatic nitrogens is 6. The van der Waals surface area contributed by atoms with Gasteiger partial charge in [0.15, 0.2) is 11.5 Å². The van der Waals surface area contributed by atoms with Crippen molar-refractivity contribution in [3.8, 4) is 22.4 Å². The average Bonchev–Trinajstić information content (AvgIpc) is 3.22. The van der Waals surface area contributed by atoms with Crippen LogP contribution in [-0.2, 0) is 13.5 Å². The number of nitrogens with two attached hydrogens (primary N) is 1. The van der Waals surface area contributed by atoms with E-state index in [1.807, 2.05) is 30.3 Å². The van der Waals surface area contributed by atoms with Crippen molar-refractivity contribution >= 4 is 23.2 Å². The summed E-state index contributed by atoms with van der Waals surface area (Å²) in [5.41, 5.74) is 10.4. The number of pyridine rings is 2. The predicted molar refractivity (Wildman–Crippen MR) is 123 cm³/mol. The van der Waals surface area contributed by atoms with Crippen LogP contribution in [0.3, 0.4) is 0 Å². The van der Waals surface area contributed by atoms with Crippen LogP contribution >= 0.6 is 11.6 Å². The van der Waals surface area contributed by atoms with E-state index in [1.54, 1.807) is 37.6 Å². The number of nitrogens with zero attached hydrogens (tertiary/aromatic N) is 6. The fourth-order valence-corrected chi connectivity index (χ4v) is 3.77. The van der Waals surface area contributed by atoms with E-state index in [2.05, 4.69) is 15.1 Å². The van der Waals surface area contributed by atoms with Gasteiger partial charge in [-0.25, -0.2) is 9.97 Å². The highest BCUT2D eigenvalue weighted by Gasteiger charge is 2.21. The maximum Gasteiger partial charge on any atom is 0.250 e. The molecule has 0 bridgehead atoms. The molecule has 0 aliphatic rings. The molecule has 0 unspecified atom stereocenters. The topological polar surface area (TPSA) is 104 Å². The van der Waals surface area contributed by atoms with E-state index in [-0.39, 0.29) is 11.5 Å². The molecule has 0 saturated carbocycles. The number of halogens is 1. The van der Waals surface area contributed by atoms with E-state index < -0.39 is 0 Å². The van der Waals surface area contributed by atoms with Gasteiger partial charge >= 0.3 is 0 Å². The molecule has 5 aromatic rings. The van der Waals surface area contributed by atoms with Crippen molar-refractivity contribution in [3.63, 3.8) is 0 Å². The SMILES string of the molecule is Cn1cc(-c2c(-c3ccccc3)nc(N)n3nc(Cc4ncccc4Cl)nc23)ccc1=O. The summed E-state index contributed by atoms with van der Waals surface area (Å²) in [5.74, 6) is 0.716. The van der Waals surface area contributed by atoms with E-state index in [9.17, 15) is 4.79 Å².